The molecule has 0 aliphatic heterocycles. The Bertz CT molecular complexity index is 5860. The highest BCUT2D eigenvalue weighted by Gasteiger charge is 2.32. The number of nitrogens with zero attached hydrogens (tertiary/aromatic N) is 18. The van der Waals surface area contributed by atoms with E-state index in [1.165, 1.54) is 91.9 Å². The van der Waals surface area contributed by atoms with E-state index in [4.69, 9.17) is 4.98 Å². The molecule has 0 bridgehead atoms. The van der Waals surface area contributed by atoms with Crippen molar-refractivity contribution in [2.45, 2.75) is 20.8 Å². The summed E-state index contributed by atoms with van der Waals surface area (Å²) in [7, 11) is 29.2. The van der Waals surface area contributed by atoms with E-state index in [1.807, 2.05) is 68.5 Å². The Hall–Kier alpha value is -11.1. The Morgan fingerprint density at radius 3 is 1.34 bits per heavy atom. The van der Waals surface area contributed by atoms with Crippen LogP contribution >= 0.6 is 56.7 Å². The largest absolute Gasteiger partial charge is 0.342 e. The maximum Gasteiger partial charge on any atom is 0.342 e. The Morgan fingerprint density at radius 1 is 0.387 bits per heavy atom. The van der Waals surface area contributed by atoms with Crippen molar-refractivity contribution in [3.63, 3.8) is 0 Å². The van der Waals surface area contributed by atoms with Gasteiger partial charge >= 0.3 is 30.9 Å². The van der Waals surface area contributed by atoms with Gasteiger partial charge in [-0.25, -0.2) is 14.5 Å². The predicted octanol–water partition coefficient (Wildman–Crippen LogP) is 11.0. The van der Waals surface area contributed by atoms with E-state index in [0.29, 0.717) is 0 Å². The van der Waals surface area contributed by atoms with Crippen LogP contribution in [0, 0.1) is 20.8 Å². The first-order valence-corrected chi connectivity index (χ1v) is 39.1. The number of aromatic nitrogens is 18. The number of pyridine rings is 5. The molecule has 17 rings (SSSR count). The Labute approximate surface area is 639 Å². The highest BCUT2D eigenvalue weighted by molar-refractivity contribution is 7.21. The molecule has 0 amide bonds. The van der Waals surface area contributed by atoms with Gasteiger partial charge in [0.2, 0.25) is 46.0 Å². The van der Waals surface area contributed by atoms with E-state index in [1.54, 1.807) is 45.3 Å². The average molecular weight is 1500 g/mol. The van der Waals surface area contributed by atoms with E-state index in [0.717, 1.165) is 51.3 Å². The van der Waals surface area contributed by atoms with E-state index in [2.05, 4.69) is 382 Å². The van der Waals surface area contributed by atoms with Gasteiger partial charge < -0.3 is 9.13 Å². The summed E-state index contributed by atoms with van der Waals surface area (Å²) in [6, 6.07) is 61.6. The second-order valence-corrected chi connectivity index (χ2v) is 30.8. The number of aryl methyl sites for hydroxylation is 11. The lowest BCUT2D eigenvalue weighted by molar-refractivity contribution is -0.764. The summed E-state index contributed by atoms with van der Waals surface area (Å²) in [6.45, 7) is 6.21. The highest BCUT2D eigenvalue weighted by Crippen LogP contribution is 2.30. The topological polar surface area (TPSA) is 101 Å². The molecule has 0 aliphatic rings. The summed E-state index contributed by atoms with van der Waals surface area (Å²) in [5.74, 6) is 3.14. The van der Waals surface area contributed by atoms with Crippen molar-refractivity contribution in [2.24, 2.45) is 98.7 Å². The van der Waals surface area contributed by atoms with Crippen LogP contribution in [0.15, 0.2) is 241 Å². The summed E-state index contributed by atoms with van der Waals surface area (Å²) in [5, 5.41) is 19.1. The van der Waals surface area contributed by atoms with Crippen molar-refractivity contribution in [3.8, 4) is 105 Å². The van der Waals surface area contributed by atoms with Crippen LogP contribution in [0.2, 0.25) is 0 Å². The molecule has 18 nitrogen and oxygen atoms in total. The zero-order valence-electron chi connectivity index (χ0n) is 63.2. The fourth-order valence-electron chi connectivity index (χ4n) is 13.3. The maximum atomic E-state index is 4.83. The van der Waals surface area contributed by atoms with Gasteiger partial charge in [0.1, 0.15) is 85.3 Å². The van der Waals surface area contributed by atoms with Gasteiger partial charge in [-0.05, 0) is 97.7 Å². The molecular formula is C83H91N18S5+11. The number of thiazole rings is 5. The number of imidazole rings is 2. The lowest BCUT2D eigenvalue weighted by Gasteiger charge is -2.05. The predicted molar refractivity (Wildman–Crippen MR) is 422 cm³/mol. The monoisotopic (exact) mass is 1500 g/mol. The first-order chi connectivity index (χ1) is 51.2. The van der Waals surface area contributed by atoms with Crippen LogP contribution in [0.3, 0.4) is 0 Å². The zero-order chi connectivity index (χ0) is 74.6. The molecule has 106 heavy (non-hydrogen) atoms. The smallest absolute Gasteiger partial charge is 0.326 e. The molecule has 0 atom stereocenters. The summed E-state index contributed by atoms with van der Waals surface area (Å²) < 4.78 is 33.8. The normalized spacial score (nSPS) is 11.1. The Kier molecular flexibility index (Phi) is 21.9. The van der Waals surface area contributed by atoms with Gasteiger partial charge in [-0.15, -0.1) is 0 Å². The fourth-order valence-corrected chi connectivity index (χ4v) is 18.3. The number of hydrogen-bond donors (Lipinski definition) is 0. The van der Waals surface area contributed by atoms with Gasteiger partial charge in [-0.2, -0.15) is 46.2 Å². The van der Waals surface area contributed by atoms with Crippen molar-refractivity contribution < 1.29 is 50.4 Å². The van der Waals surface area contributed by atoms with Gasteiger partial charge in [0, 0.05) is 92.1 Å². The molecule has 14 heterocycles. The van der Waals surface area contributed by atoms with Gasteiger partial charge in [0.15, 0.2) is 38.0 Å². The van der Waals surface area contributed by atoms with Crippen LogP contribution in [0.25, 0.3) is 126 Å². The number of hydrogen-bond acceptors (Lipinski definition) is 8. The minimum absolute atomic E-state index is 0.981. The summed E-state index contributed by atoms with van der Waals surface area (Å²) in [4.78, 5) is 9.22. The maximum absolute atomic E-state index is 4.83. The van der Waals surface area contributed by atoms with E-state index < -0.39 is 0 Å². The molecule has 0 unspecified atom stereocenters. The molecule has 0 radical (unpaired) electrons. The highest BCUT2D eigenvalue weighted by atomic mass is 32.1. The number of fused-ring (bicyclic) bond motifs is 2. The molecule has 532 valence electrons. The number of para-hydroxylation sites is 3. The van der Waals surface area contributed by atoms with Crippen molar-refractivity contribution in [1.82, 2.24) is 33.6 Å². The second-order valence-electron chi connectivity index (χ2n) is 26.2. The first kappa shape index (κ1) is 73.2. The van der Waals surface area contributed by atoms with Crippen LogP contribution in [0.1, 0.15) is 17.1 Å². The second kappa shape index (κ2) is 31.7. The lowest BCUT2D eigenvalue weighted by Crippen LogP contribution is -2.46. The molecule has 0 saturated heterocycles. The third-order valence-corrected chi connectivity index (χ3v) is 24.5. The standard InChI is InChI=1S/C21H20N2S.C18H18N4S.2C15H18N4S.C14H17N4S/c1-15-9-4-5-10-16(15)17-12-8-13-19(22(17)2)21-23(3)18-11-6-7-14-20(18)24-21;1-20-11-12-23-18(20)16-10-6-9-15(21(16)2)17-19-13-7-4-5-8-14(13)22(17)3;1-11-16-10-14(18(11)3)12-6-5-7-13(19(12)4)15-17(2)8-9-20-15;1-11-10-14(19(4)16-11)12-6-5-7-13(18(12)3)15-17(2)8-9-20-15;1-15-10-11-19-14(15)12-6-4-7-13(17(12)3)18-9-5-8-16(18)2/h4-14H,1-3H3;4-12H,1-3H3;2*5-10H,1-4H3;4-11H,1-3H3/q4*+2;+3. The van der Waals surface area contributed by atoms with Gasteiger partial charge in [0.25, 0.3) is 22.8 Å². The molecule has 17 aromatic rings. The van der Waals surface area contributed by atoms with Gasteiger partial charge in [-0.1, -0.05) is 99.1 Å². The molecule has 14 aromatic heterocycles. The van der Waals surface area contributed by atoms with Gasteiger partial charge in [-0.3, -0.25) is 4.68 Å². The molecule has 0 spiro atoms. The quantitative estimate of drug-likeness (QED) is 0.128. The number of rotatable bonds is 10. The third-order valence-electron chi connectivity index (χ3n) is 19.4. The molecule has 3 aromatic carbocycles. The van der Waals surface area contributed by atoms with Crippen molar-refractivity contribution >= 4 is 77.9 Å². The Morgan fingerprint density at radius 2 is 0.849 bits per heavy atom. The van der Waals surface area contributed by atoms with E-state index >= 15 is 0 Å². The van der Waals surface area contributed by atoms with Crippen LogP contribution in [0.4, 0.5) is 0 Å². The molecule has 23 heteroatoms. The Balaban J connectivity index is 0.000000118. The van der Waals surface area contributed by atoms with Crippen molar-refractivity contribution in [2.75, 3.05) is 0 Å². The summed E-state index contributed by atoms with van der Waals surface area (Å²) >= 11 is 8.84. The fraction of sp³-hybridized carbons (Fsp3) is 0.205. The minimum Gasteiger partial charge on any atom is -0.326 e. The molecule has 0 N–H and O–H groups in total. The number of benzene rings is 3. The molecule has 0 fully saturated rings. The molecule has 0 saturated carbocycles. The molecule has 0 aliphatic carbocycles. The van der Waals surface area contributed by atoms with Crippen LogP contribution in [-0.4, -0.2) is 33.6 Å². The van der Waals surface area contributed by atoms with Gasteiger partial charge in [0.05, 0.1) is 57.6 Å². The SMILES string of the molecule is C[n+]1ccsc1-c1cccc(-n2ccc[n+]2C)[n+]1C.Cc1cc(-c2cccc(-c3scc[n+]3C)[n+]2C)n(C)n1.Cc1ccccc1-c1cccc(-c2sc3ccccc3[n+]2C)[n+]1C.Cc1ncc(-c2cccc(-c3scc[n+]3C)[n+]2C)n1C.Cn1c(-c2cccc(-c3scc[n+]3C)[n+]2C)nc2ccccc21. The van der Waals surface area contributed by atoms with Crippen LogP contribution < -0.4 is 50.4 Å². The summed E-state index contributed by atoms with van der Waals surface area (Å²) in [5.41, 5.74) is 20.1. The van der Waals surface area contributed by atoms with Crippen LogP contribution in [-0.2, 0) is 98.7 Å². The van der Waals surface area contributed by atoms with Crippen molar-refractivity contribution in [1.29, 1.82) is 0 Å². The summed E-state index contributed by atoms with van der Waals surface area (Å²) in [6.07, 6.45) is 14.4. The lowest BCUT2D eigenvalue weighted by atomic mass is 10.0. The third kappa shape index (κ3) is 14.7. The zero-order valence-corrected chi connectivity index (χ0v) is 67.3. The minimum atomic E-state index is 0.981. The average Bonchev–Trinajstić information content (AvgIpc) is 1.58. The van der Waals surface area contributed by atoms with Crippen LogP contribution in [0.5, 0.6) is 0 Å². The van der Waals surface area contributed by atoms with Crippen molar-refractivity contribution in [3.05, 3.63) is 258 Å². The molecular weight excluding hydrogens is 1410 g/mol. The first-order valence-electron chi connectivity index (χ1n) is 34.8. The van der Waals surface area contributed by atoms with E-state index in [-0.39, 0.29) is 0 Å². The van der Waals surface area contributed by atoms with E-state index in [9.17, 15) is 0 Å².